The van der Waals surface area contributed by atoms with Crippen molar-refractivity contribution in [1.29, 1.82) is 0 Å². The fraction of sp³-hybridized carbons (Fsp3) is 0.300. The number of hydrogen-bond acceptors (Lipinski definition) is 7. The second-order valence-electron chi connectivity index (χ2n) is 5.45. The van der Waals surface area contributed by atoms with Gasteiger partial charge in [0, 0.05) is 5.33 Å². The van der Waals surface area contributed by atoms with Crippen molar-refractivity contribution in [2.75, 3.05) is 13.2 Å². The predicted molar refractivity (Wildman–Crippen MR) is 109 cm³/mol. The first-order valence-corrected chi connectivity index (χ1v) is 9.58. The quantitative estimate of drug-likeness (QED) is 0.297. The van der Waals surface area contributed by atoms with E-state index >= 15 is 0 Å². The summed E-state index contributed by atoms with van der Waals surface area (Å²) in [5.74, 6) is -2.21. The minimum Gasteiger partial charge on any atom is -0.479 e. The Morgan fingerprint density at radius 1 is 0.828 bits per heavy atom. The van der Waals surface area contributed by atoms with Crippen LogP contribution in [0.1, 0.15) is 11.1 Å². The van der Waals surface area contributed by atoms with E-state index in [4.69, 9.17) is 30.3 Å². The molecule has 29 heavy (non-hydrogen) atoms. The lowest BCUT2D eigenvalue weighted by molar-refractivity contribution is -0.156. The van der Waals surface area contributed by atoms with Crippen LogP contribution in [0.5, 0.6) is 0 Å². The Hall–Kier alpha value is -2.30. The van der Waals surface area contributed by atoms with Gasteiger partial charge < -0.3 is 30.3 Å². The molecule has 160 valence electrons. The first-order chi connectivity index (χ1) is 13.8. The molecule has 0 fully saturated rings. The second-order valence-corrected chi connectivity index (χ2v) is 6.01. The molecule has 0 heterocycles. The fourth-order valence-electron chi connectivity index (χ4n) is 1.54. The van der Waals surface area contributed by atoms with Gasteiger partial charge in [-0.2, -0.15) is 0 Å². The van der Waals surface area contributed by atoms with E-state index in [1.165, 1.54) is 5.56 Å². The molecule has 0 bridgehead atoms. The van der Waals surface area contributed by atoms with Gasteiger partial charge in [-0.3, -0.25) is 0 Å². The van der Waals surface area contributed by atoms with Crippen LogP contribution >= 0.6 is 15.9 Å². The van der Waals surface area contributed by atoms with Crippen molar-refractivity contribution in [2.24, 2.45) is 0 Å². The number of ether oxygens (including phenoxy) is 1. The number of alkyl halides is 1. The van der Waals surface area contributed by atoms with Crippen molar-refractivity contribution in [3.63, 3.8) is 0 Å². The van der Waals surface area contributed by atoms with Crippen LogP contribution in [0.3, 0.4) is 0 Å². The van der Waals surface area contributed by atoms with Gasteiger partial charge in [0.1, 0.15) is 6.61 Å². The second kappa shape index (κ2) is 16.6. The molecule has 0 spiro atoms. The molecule has 0 radical (unpaired) electrons. The zero-order valence-electron chi connectivity index (χ0n) is 15.6. The van der Waals surface area contributed by atoms with Crippen molar-refractivity contribution in [1.82, 2.24) is 0 Å². The standard InChI is InChI=1S/C10H12O4.C7H7Br.C3H6O4/c11-6-9(12)10(13)14-7-8-4-2-1-3-5-8;8-6-7-4-2-1-3-5-7;4-1-2(5)3(6)7/h1-5,9,11-12H,6-7H2;1-5H,6H2;2,4-5H,1H2,(H,6,7). The van der Waals surface area contributed by atoms with E-state index in [-0.39, 0.29) is 6.61 Å². The van der Waals surface area contributed by atoms with Crippen LogP contribution in [0.15, 0.2) is 60.7 Å². The van der Waals surface area contributed by atoms with Crippen LogP contribution in [0.4, 0.5) is 0 Å². The lowest BCUT2D eigenvalue weighted by Gasteiger charge is -2.07. The van der Waals surface area contributed by atoms with Crippen LogP contribution in [-0.4, -0.2) is 62.9 Å². The van der Waals surface area contributed by atoms with E-state index in [0.717, 1.165) is 10.9 Å². The predicted octanol–water partition coefficient (Wildman–Crippen LogP) is 1.09. The van der Waals surface area contributed by atoms with Gasteiger partial charge >= 0.3 is 11.9 Å². The number of carbonyl (C=O) groups excluding carboxylic acids is 1. The van der Waals surface area contributed by atoms with E-state index in [1.54, 1.807) is 12.1 Å². The number of hydrogen-bond donors (Lipinski definition) is 5. The number of carbonyl (C=O) groups is 2. The Kier molecular flexibility index (Phi) is 15.3. The Balaban J connectivity index is 0.000000444. The number of carboxylic acid groups (broad SMARTS) is 1. The summed E-state index contributed by atoms with van der Waals surface area (Å²) in [5, 5.41) is 42.0. The number of aliphatic hydroxyl groups is 4. The topological polar surface area (TPSA) is 145 Å². The fourth-order valence-corrected chi connectivity index (χ4v) is 1.92. The maximum atomic E-state index is 10.9. The van der Waals surface area contributed by atoms with E-state index in [0.29, 0.717) is 0 Å². The molecule has 0 saturated carbocycles. The summed E-state index contributed by atoms with van der Waals surface area (Å²) < 4.78 is 4.73. The van der Waals surface area contributed by atoms with E-state index < -0.39 is 37.4 Å². The largest absolute Gasteiger partial charge is 0.479 e. The molecule has 2 aromatic carbocycles. The summed E-state index contributed by atoms with van der Waals surface area (Å²) in [6.07, 6.45) is -3.07. The monoisotopic (exact) mass is 472 g/mol. The molecule has 2 atom stereocenters. The highest BCUT2D eigenvalue weighted by molar-refractivity contribution is 9.08. The number of carboxylic acids is 1. The van der Waals surface area contributed by atoms with Crippen LogP contribution in [0.25, 0.3) is 0 Å². The summed E-state index contributed by atoms with van der Waals surface area (Å²) in [6, 6.07) is 19.4. The Morgan fingerprint density at radius 2 is 1.28 bits per heavy atom. The number of aliphatic hydroxyl groups excluding tert-OH is 4. The van der Waals surface area contributed by atoms with Crippen molar-refractivity contribution >= 4 is 27.9 Å². The Bertz CT molecular complexity index is 681. The van der Waals surface area contributed by atoms with Gasteiger partial charge in [-0.05, 0) is 11.1 Å². The van der Waals surface area contributed by atoms with Gasteiger partial charge in [0.15, 0.2) is 12.2 Å². The molecule has 8 nitrogen and oxygen atoms in total. The van der Waals surface area contributed by atoms with E-state index in [9.17, 15) is 9.59 Å². The molecule has 0 aliphatic heterocycles. The molecular formula is C20H25BrO8. The molecule has 0 saturated heterocycles. The van der Waals surface area contributed by atoms with Gasteiger partial charge in [-0.1, -0.05) is 76.6 Å². The molecule has 9 heteroatoms. The van der Waals surface area contributed by atoms with Gasteiger partial charge in [0.05, 0.1) is 13.2 Å². The number of aliphatic carboxylic acids is 1. The minimum atomic E-state index is -1.63. The first-order valence-electron chi connectivity index (χ1n) is 8.46. The third-order valence-corrected chi connectivity index (χ3v) is 3.77. The SMILES string of the molecule is BrCc1ccccc1.O=C(O)C(O)CO.O=C(OCc1ccccc1)C(O)CO. The Labute approximate surface area is 177 Å². The van der Waals surface area contributed by atoms with Crippen molar-refractivity contribution in [2.45, 2.75) is 24.1 Å². The van der Waals surface area contributed by atoms with Gasteiger partial charge in [-0.15, -0.1) is 0 Å². The summed E-state index contributed by atoms with van der Waals surface area (Å²) in [5.41, 5.74) is 2.17. The van der Waals surface area contributed by atoms with Crippen molar-refractivity contribution in [3.8, 4) is 0 Å². The highest BCUT2D eigenvalue weighted by Gasteiger charge is 2.14. The highest BCUT2D eigenvalue weighted by Crippen LogP contribution is 2.02. The molecule has 0 aliphatic carbocycles. The number of rotatable bonds is 7. The molecule has 2 aromatic rings. The van der Waals surface area contributed by atoms with Gasteiger partial charge in [0.2, 0.25) is 0 Å². The molecular weight excluding hydrogens is 448 g/mol. The lowest BCUT2D eigenvalue weighted by atomic mass is 10.2. The summed E-state index contributed by atoms with van der Waals surface area (Å²) in [4.78, 5) is 20.4. The minimum absolute atomic E-state index is 0.108. The average molecular weight is 473 g/mol. The summed E-state index contributed by atoms with van der Waals surface area (Å²) >= 11 is 3.36. The van der Waals surface area contributed by atoms with Crippen LogP contribution in [-0.2, 0) is 26.3 Å². The lowest BCUT2D eigenvalue weighted by Crippen LogP contribution is -2.26. The Morgan fingerprint density at radius 3 is 1.59 bits per heavy atom. The number of esters is 1. The first kappa shape index (κ1) is 26.7. The number of halogens is 1. The molecule has 0 aromatic heterocycles. The number of benzene rings is 2. The van der Waals surface area contributed by atoms with Gasteiger partial charge in [-0.25, -0.2) is 9.59 Å². The smallest absolute Gasteiger partial charge is 0.337 e. The summed E-state index contributed by atoms with van der Waals surface area (Å²) in [6.45, 7) is -1.24. The van der Waals surface area contributed by atoms with Crippen molar-refractivity contribution in [3.05, 3.63) is 71.8 Å². The normalized spacial score (nSPS) is 11.6. The van der Waals surface area contributed by atoms with E-state index in [2.05, 4.69) is 28.1 Å². The molecule has 0 amide bonds. The molecule has 5 N–H and O–H groups in total. The molecule has 0 aliphatic rings. The summed E-state index contributed by atoms with van der Waals surface area (Å²) in [7, 11) is 0. The molecule has 2 unspecified atom stereocenters. The van der Waals surface area contributed by atoms with Crippen LogP contribution in [0, 0.1) is 0 Å². The van der Waals surface area contributed by atoms with Gasteiger partial charge in [0.25, 0.3) is 0 Å². The highest BCUT2D eigenvalue weighted by atomic mass is 79.9. The van der Waals surface area contributed by atoms with Crippen molar-refractivity contribution < 1.29 is 39.9 Å². The maximum Gasteiger partial charge on any atom is 0.337 e. The third kappa shape index (κ3) is 13.5. The van der Waals surface area contributed by atoms with Crippen LogP contribution < -0.4 is 0 Å². The van der Waals surface area contributed by atoms with E-state index in [1.807, 2.05) is 36.4 Å². The molecule has 2 rings (SSSR count). The zero-order valence-corrected chi connectivity index (χ0v) is 17.2. The van der Waals surface area contributed by atoms with Crippen LogP contribution in [0.2, 0.25) is 0 Å². The maximum absolute atomic E-state index is 10.9. The zero-order chi connectivity index (χ0) is 22.1. The third-order valence-electron chi connectivity index (χ3n) is 3.12. The average Bonchev–Trinajstić information content (AvgIpc) is 2.78.